The summed E-state index contributed by atoms with van der Waals surface area (Å²) in [7, 11) is -11.7. The van der Waals surface area contributed by atoms with Gasteiger partial charge in [0.15, 0.2) is 0 Å². The van der Waals surface area contributed by atoms with Gasteiger partial charge in [0.1, 0.15) is 0 Å². The van der Waals surface area contributed by atoms with Crippen LogP contribution in [0.3, 0.4) is 0 Å². The number of hydrogen-bond donors (Lipinski definition) is 0. The zero-order valence-electron chi connectivity index (χ0n) is 94.5. The molecule has 0 spiro atoms. The van der Waals surface area contributed by atoms with Crippen molar-refractivity contribution in [2.75, 3.05) is 314 Å². The molecule has 0 amide bonds. The van der Waals surface area contributed by atoms with E-state index in [0.29, 0.717) is 0 Å². The van der Waals surface area contributed by atoms with Crippen LogP contribution in [0, 0.1) is 0 Å². The Morgan fingerprint density at radius 2 is 0.0968 bits per heavy atom. The lowest BCUT2D eigenvalue weighted by Gasteiger charge is -2.35. The minimum atomic E-state index is -2.92. The molecule has 0 aromatic heterocycles. The van der Waals surface area contributed by atoms with Gasteiger partial charge in [0.2, 0.25) is 0 Å². The van der Waals surface area contributed by atoms with E-state index < -0.39 is 29.3 Å². The van der Waals surface area contributed by atoms with Crippen LogP contribution in [0.25, 0.3) is 0 Å². The van der Waals surface area contributed by atoms with E-state index in [1.54, 1.807) is 0 Å². The van der Waals surface area contributed by atoms with Gasteiger partial charge in [0.05, 0.1) is 314 Å². The summed E-state index contributed by atoms with van der Waals surface area (Å²) in [5, 5.41) is 101. The van der Waals surface area contributed by atoms with Crippen LogP contribution >= 0.6 is 0 Å². The van der Waals surface area contributed by atoms with Crippen LogP contribution in [0.2, 0.25) is 0 Å². The molecule has 24 nitrogen and oxygen atoms in total. The molecule has 768 valence electrons. The Morgan fingerprint density at radius 3 is 0.0968 bits per heavy atom. The molecule has 0 bridgehead atoms. The van der Waals surface area contributed by atoms with Crippen molar-refractivity contribution in [1.82, 2.24) is 0 Å². The van der Waals surface area contributed by atoms with E-state index in [2.05, 4.69) is 332 Å². The summed E-state index contributed by atoms with van der Waals surface area (Å²) in [4.78, 5) is 0. The number of rotatable bonds is 48. The third-order valence-electron chi connectivity index (χ3n) is 32.2. The number of nitrogens with zero attached hydrogens (tertiary/aromatic N) is 12. The Kier molecular flexibility index (Phi) is 135. The van der Waals surface area contributed by atoms with Gasteiger partial charge in [-0.05, 0) is 332 Å². The maximum atomic E-state index is 8.42. The highest BCUT2D eigenvalue weighted by molar-refractivity contribution is 6.24. The highest BCUT2D eigenvalue weighted by atomic mass is 16.5. The zero-order valence-corrected chi connectivity index (χ0v) is 94.5. The molecule has 0 rings (SSSR count). The van der Waals surface area contributed by atoms with Crippen molar-refractivity contribution in [3.05, 3.63) is 0 Å². The van der Waals surface area contributed by atoms with E-state index in [4.69, 9.17) is 60.3 Å². The molecule has 0 atom stereocenters. The van der Waals surface area contributed by atoms with Crippen molar-refractivity contribution >= 4 is 29.3 Å². The van der Waals surface area contributed by atoms with Crippen LogP contribution in [-0.2, 0) is 0 Å². The normalized spacial score (nSPS) is 11.3. The maximum Gasteiger partial charge on any atom is 0.0757 e. The second-order valence-electron chi connectivity index (χ2n) is 32.4. The monoisotopic (exact) mass is 1800 g/mol. The summed E-state index contributed by atoms with van der Waals surface area (Å²) in [5.41, 5.74) is 0. The molecule has 0 aromatic rings. The molecular weight excluding hydrogens is 1560 g/mol. The van der Waals surface area contributed by atoms with Crippen LogP contribution < -0.4 is 60.3 Å². The molecule has 0 aromatic carbocycles. The minimum Gasteiger partial charge on any atom is -0.907 e. The van der Waals surface area contributed by atoms with E-state index in [1.807, 2.05) is 0 Å². The molecule has 0 N–H and O–H groups in total. The summed E-state index contributed by atoms with van der Waals surface area (Å²) in [6, 6.07) is 0. The Bertz CT molecular complexity index is 1240. The van der Waals surface area contributed by atoms with Crippen LogP contribution in [0.5, 0.6) is 0 Å². The lowest BCUT2D eigenvalue weighted by Crippen LogP contribution is -2.56. The van der Waals surface area contributed by atoms with E-state index in [1.165, 1.54) is 368 Å². The second-order valence-corrected chi connectivity index (χ2v) is 32.4. The second kappa shape index (κ2) is 104. The van der Waals surface area contributed by atoms with Gasteiger partial charge in [-0.2, -0.15) is 0 Å². The molecule has 0 aliphatic heterocycles. The van der Waals surface area contributed by atoms with Gasteiger partial charge < -0.3 is 114 Å². The SMILES string of the molecule is CC[N+](CC)(CC)CC.CC[N+](CC)(CC)CC.CC[N+](CC)(CC)CC.CC[N+](CC)(CC)CC.CC[N+](CC)(CC)CC.CC[N+](CC)(CC)CC.CC[N+](CC)(CC)CC.CC[N+](CC)(CC)CC.CC[N+](CC)(CC)CC.CC[N+](CC)(CC)CC.CC[N+](CC)(CC)CC.CC[N+](CC)(CC)CC.[O-]B([O-])[O-].[O-]B([O-])[O-].[O-]B([O-])[O-].[O-]B([O-])[O-]. The predicted molar refractivity (Wildman–Crippen MR) is 532 cm³/mol. The van der Waals surface area contributed by atoms with E-state index in [-0.39, 0.29) is 0 Å². The molecule has 0 fully saturated rings. The van der Waals surface area contributed by atoms with Crippen LogP contribution in [0.15, 0.2) is 0 Å². The van der Waals surface area contributed by atoms with Crippen LogP contribution in [0.4, 0.5) is 0 Å². The molecule has 0 radical (unpaired) electrons. The molecule has 0 unspecified atom stereocenters. The highest BCUT2D eigenvalue weighted by Gasteiger charge is 2.24. The minimum absolute atomic E-state index is 1.28. The van der Waals surface area contributed by atoms with Gasteiger partial charge >= 0.3 is 0 Å². The van der Waals surface area contributed by atoms with E-state index in [9.17, 15) is 0 Å². The number of hydrogen-bond acceptors (Lipinski definition) is 12. The van der Waals surface area contributed by atoms with Crippen LogP contribution in [-0.4, -0.2) is 397 Å². The molecule has 0 saturated heterocycles. The maximum absolute atomic E-state index is 8.42. The Morgan fingerprint density at radius 1 is 0.0806 bits per heavy atom. The molecule has 0 aliphatic rings. The van der Waals surface area contributed by atoms with Crippen LogP contribution in [0.1, 0.15) is 332 Å². The highest BCUT2D eigenvalue weighted by Crippen LogP contribution is 2.11. The molecule has 124 heavy (non-hydrogen) atoms. The standard InChI is InChI=1S/12C8H20N.4BO3/c12*1-5-9(6-2,7-3)8-4;4*2-1(3)4/h12*5-8H2,1-4H3;;;;/q12*+1;4*-3. The van der Waals surface area contributed by atoms with Gasteiger partial charge in [-0.15, -0.1) is 0 Å². The van der Waals surface area contributed by atoms with Crippen molar-refractivity contribution in [3.8, 4) is 0 Å². The average Bonchev–Trinajstić information content (AvgIpc) is 1.04. The first-order valence-corrected chi connectivity index (χ1v) is 51.9. The van der Waals surface area contributed by atoms with Crippen molar-refractivity contribution in [1.29, 1.82) is 0 Å². The van der Waals surface area contributed by atoms with Crippen molar-refractivity contribution in [3.63, 3.8) is 0 Å². The van der Waals surface area contributed by atoms with E-state index in [0.717, 1.165) is 0 Å². The first kappa shape index (κ1) is 160. The molecule has 0 aliphatic carbocycles. The summed E-state index contributed by atoms with van der Waals surface area (Å²) in [5.74, 6) is 0. The van der Waals surface area contributed by atoms with Crippen molar-refractivity contribution < 1.29 is 114 Å². The van der Waals surface area contributed by atoms with Gasteiger partial charge in [-0.25, -0.2) is 0 Å². The number of quaternary nitrogens is 12. The van der Waals surface area contributed by atoms with Gasteiger partial charge in [0.25, 0.3) is 0 Å². The average molecular weight is 1800 g/mol. The lowest BCUT2D eigenvalue weighted by atomic mass is 10.3. The van der Waals surface area contributed by atoms with Gasteiger partial charge in [-0.3, -0.25) is 29.3 Å². The summed E-state index contributed by atoms with van der Waals surface area (Å²) in [6.07, 6.45) is 0. The zero-order chi connectivity index (χ0) is 102. The van der Waals surface area contributed by atoms with Crippen molar-refractivity contribution in [2.45, 2.75) is 332 Å². The smallest absolute Gasteiger partial charge is 0.0757 e. The Balaban J connectivity index is -0.0000000721. The Hall–Kier alpha value is -0.700. The fraction of sp³-hybridized carbons (Fsp3) is 1.00. The fourth-order valence-electron chi connectivity index (χ4n) is 16.1. The topological polar surface area (TPSA) is 277 Å². The quantitative estimate of drug-likeness (QED) is 0.0449. The van der Waals surface area contributed by atoms with E-state index >= 15 is 0 Å². The summed E-state index contributed by atoms with van der Waals surface area (Å²) >= 11 is 0. The third-order valence-corrected chi connectivity index (χ3v) is 32.2. The fourth-order valence-corrected chi connectivity index (χ4v) is 16.1. The van der Waals surface area contributed by atoms with Crippen molar-refractivity contribution in [2.24, 2.45) is 0 Å². The van der Waals surface area contributed by atoms with Gasteiger partial charge in [0, 0.05) is 0 Å². The summed E-state index contributed by atoms with van der Waals surface area (Å²) in [6.45, 7) is 171. The first-order valence-electron chi connectivity index (χ1n) is 51.9. The predicted octanol–water partition coefficient (Wildman–Crippen LogP) is 6.80. The third kappa shape index (κ3) is 85.5. The summed E-state index contributed by atoms with van der Waals surface area (Å²) < 4.78 is 15.3. The molecule has 0 heterocycles. The molecule has 0 saturated carbocycles. The lowest BCUT2D eigenvalue weighted by molar-refractivity contribution is -0.921. The first-order chi connectivity index (χ1) is 57.8. The molecular formula is C96H240B4N12O12. The Labute approximate surface area is 785 Å². The molecule has 28 heteroatoms. The largest absolute Gasteiger partial charge is 0.907 e. The van der Waals surface area contributed by atoms with Gasteiger partial charge in [-0.1, -0.05) is 0 Å².